The van der Waals surface area contributed by atoms with Crippen LogP contribution in [0.3, 0.4) is 0 Å². The van der Waals surface area contributed by atoms with E-state index in [0.717, 1.165) is 6.07 Å². The Kier molecular flexibility index (Phi) is 7.76. The van der Waals surface area contributed by atoms with Crippen LogP contribution in [0.15, 0.2) is 35.2 Å². The maximum Gasteiger partial charge on any atom is 0.255 e. The Labute approximate surface area is 195 Å². The number of hydrogen-bond acceptors (Lipinski definition) is 4. The Morgan fingerprint density at radius 1 is 1.18 bits per heavy atom. The lowest BCUT2D eigenvalue weighted by atomic mass is 9.94. The molecule has 0 radical (unpaired) electrons. The van der Waals surface area contributed by atoms with Crippen LogP contribution in [0.5, 0.6) is 0 Å². The fraction of sp³-hybridized carbons (Fsp3) is 0.435. The molecule has 1 saturated carbocycles. The number of sulfone groups is 1. The molecule has 0 bridgehead atoms. The molecule has 1 aliphatic rings. The van der Waals surface area contributed by atoms with Crippen molar-refractivity contribution in [1.29, 1.82) is 0 Å². The number of nitrogens with one attached hydrogen (secondary N) is 1. The second kappa shape index (κ2) is 10.0. The van der Waals surface area contributed by atoms with E-state index < -0.39 is 38.4 Å². The molecule has 0 heterocycles. The van der Waals surface area contributed by atoms with Crippen molar-refractivity contribution in [3.8, 4) is 0 Å². The molecule has 1 aliphatic carbocycles. The first-order chi connectivity index (χ1) is 15.4. The minimum atomic E-state index is -3.93. The zero-order valence-corrected chi connectivity index (χ0v) is 19.7. The van der Waals surface area contributed by atoms with Crippen LogP contribution in [-0.2, 0) is 9.84 Å². The fourth-order valence-electron chi connectivity index (χ4n) is 4.51. The molecule has 180 valence electrons. The normalized spacial score (nSPS) is 21.7. The number of carbonyl (C=O) groups is 1. The summed E-state index contributed by atoms with van der Waals surface area (Å²) in [4.78, 5) is 12.4. The van der Waals surface area contributed by atoms with E-state index in [9.17, 15) is 31.5 Å². The summed E-state index contributed by atoms with van der Waals surface area (Å²) in [5, 5.41) is 10.9. The lowest BCUT2D eigenvalue weighted by Gasteiger charge is -2.25. The van der Waals surface area contributed by atoms with Crippen LogP contribution >= 0.6 is 11.6 Å². The van der Waals surface area contributed by atoms with E-state index >= 15 is 0 Å². The third-order valence-corrected chi connectivity index (χ3v) is 9.09. The van der Waals surface area contributed by atoms with Crippen LogP contribution in [0.1, 0.15) is 43.5 Å². The Morgan fingerprint density at radius 2 is 1.82 bits per heavy atom. The van der Waals surface area contributed by atoms with Crippen LogP contribution in [0.4, 0.5) is 18.9 Å². The van der Waals surface area contributed by atoms with Gasteiger partial charge in [-0.1, -0.05) is 25.4 Å². The first-order valence-electron chi connectivity index (χ1n) is 10.6. The maximum absolute atomic E-state index is 13.6. The zero-order chi connectivity index (χ0) is 24.5. The largest absolute Gasteiger partial charge is 0.396 e. The molecule has 0 saturated heterocycles. The van der Waals surface area contributed by atoms with Crippen molar-refractivity contribution in [2.75, 3.05) is 11.9 Å². The van der Waals surface area contributed by atoms with Gasteiger partial charge >= 0.3 is 0 Å². The highest BCUT2D eigenvalue weighted by Gasteiger charge is 2.44. The van der Waals surface area contributed by atoms with E-state index in [1.165, 1.54) is 12.1 Å². The van der Waals surface area contributed by atoms with Crippen molar-refractivity contribution in [3.05, 3.63) is 58.4 Å². The highest BCUT2D eigenvalue weighted by Crippen LogP contribution is 2.43. The van der Waals surface area contributed by atoms with Gasteiger partial charge in [-0.2, -0.15) is 0 Å². The lowest BCUT2D eigenvalue weighted by molar-refractivity contribution is 0.102. The lowest BCUT2D eigenvalue weighted by Crippen LogP contribution is -2.32. The molecule has 1 fully saturated rings. The summed E-state index contributed by atoms with van der Waals surface area (Å²) in [6.07, 6.45) is 1.96. The van der Waals surface area contributed by atoms with Crippen molar-refractivity contribution in [3.63, 3.8) is 0 Å². The maximum atomic E-state index is 13.6. The number of hydrogen-bond donors (Lipinski definition) is 2. The Bertz CT molecular complexity index is 1140. The molecule has 3 rings (SSSR count). The van der Waals surface area contributed by atoms with Gasteiger partial charge in [0.1, 0.15) is 0 Å². The number of anilines is 1. The van der Waals surface area contributed by atoms with Gasteiger partial charge in [-0.3, -0.25) is 4.79 Å². The first kappa shape index (κ1) is 25.5. The van der Waals surface area contributed by atoms with Gasteiger partial charge in [-0.15, -0.1) is 0 Å². The Hall–Kier alpha value is -2.10. The van der Waals surface area contributed by atoms with Crippen LogP contribution in [0.25, 0.3) is 0 Å². The zero-order valence-electron chi connectivity index (χ0n) is 18.1. The molecule has 2 unspecified atom stereocenters. The highest BCUT2D eigenvalue weighted by atomic mass is 35.5. The molecule has 2 N–H and O–H groups in total. The van der Waals surface area contributed by atoms with Crippen molar-refractivity contribution in [1.82, 2.24) is 0 Å². The fourth-order valence-corrected chi connectivity index (χ4v) is 7.38. The van der Waals surface area contributed by atoms with Crippen molar-refractivity contribution < 1.29 is 31.5 Å². The number of benzene rings is 2. The molecule has 5 nitrogen and oxygen atoms in total. The van der Waals surface area contributed by atoms with Gasteiger partial charge in [0.05, 0.1) is 15.2 Å². The number of amides is 1. The van der Waals surface area contributed by atoms with Crippen molar-refractivity contribution in [2.45, 2.75) is 43.3 Å². The number of aliphatic hydroxyl groups is 1. The van der Waals surface area contributed by atoms with Crippen LogP contribution in [0.2, 0.25) is 5.02 Å². The van der Waals surface area contributed by atoms with Crippen molar-refractivity contribution >= 4 is 33.0 Å². The Morgan fingerprint density at radius 3 is 2.42 bits per heavy atom. The summed E-state index contributed by atoms with van der Waals surface area (Å²) >= 11 is 6.22. The minimum absolute atomic E-state index is 0.0430. The van der Waals surface area contributed by atoms with Gasteiger partial charge in [0.2, 0.25) is 0 Å². The van der Waals surface area contributed by atoms with E-state index in [0.29, 0.717) is 31.4 Å². The standard InChI is InChI=1S/C23H25ClF3NO4S/c1-12(11-29)7-14-4-3-13(2)22(14)33(31,32)20-8-15(5-6-17(20)24)23(30)28-16-9-18(25)21(27)19(26)10-16/h5-6,8-10,12-14,22,29H,3-4,7,11H2,1-2H3,(H,28,30)/t12-,13?,14?,22+/m1/s1. The predicted molar refractivity (Wildman–Crippen MR) is 119 cm³/mol. The van der Waals surface area contributed by atoms with E-state index in [-0.39, 0.29) is 45.5 Å². The summed E-state index contributed by atoms with van der Waals surface area (Å²) in [6, 6.07) is 4.95. The average molecular weight is 504 g/mol. The molecule has 4 atom stereocenters. The Balaban J connectivity index is 1.92. The van der Waals surface area contributed by atoms with E-state index in [4.69, 9.17) is 11.6 Å². The van der Waals surface area contributed by atoms with Crippen LogP contribution in [0, 0.1) is 35.2 Å². The molecule has 2 aromatic carbocycles. The SMILES string of the molecule is CC1CCC(C[C@@H](C)CO)[C@H]1S(=O)(=O)c1cc(C(=O)Nc2cc(F)c(F)c(F)c2)ccc1Cl. The molecular weight excluding hydrogens is 479 g/mol. The van der Waals surface area contributed by atoms with E-state index in [2.05, 4.69) is 5.32 Å². The molecule has 0 spiro atoms. The van der Waals surface area contributed by atoms with Crippen molar-refractivity contribution in [2.24, 2.45) is 17.8 Å². The third-order valence-electron chi connectivity index (χ3n) is 6.13. The summed E-state index contributed by atoms with van der Waals surface area (Å²) in [5.74, 6) is -5.79. The quantitative estimate of drug-likeness (QED) is 0.508. The molecule has 33 heavy (non-hydrogen) atoms. The topological polar surface area (TPSA) is 83.5 Å². The second-order valence-electron chi connectivity index (χ2n) is 8.70. The van der Waals surface area contributed by atoms with Gasteiger partial charge in [0, 0.05) is 30.0 Å². The summed E-state index contributed by atoms with van der Waals surface area (Å²) in [7, 11) is -3.93. The third kappa shape index (κ3) is 5.36. The predicted octanol–water partition coefficient (Wildman–Crippen LogP) is 5.22. The minimum Gasteiger partial charge on any atom is -0.396 e. The molecule has 10 heteroatoms. The van der Waals surface area contributed by atoms with Gasteiger partial charge in [0.15, 0.2) is 27.3 Å². The molecule has 2 aromatic rings. The molecule has 0 aromatic heterocycles. The number of halogens is 4. The smallest absolute Gasteiger partial charge is 0.255 e. The summed E-state index contributed by atoms with van der Waals surface area (Å²) in [6.45, 7) is 3.66. The monoisotopic (exact) mass is 503 g/mol. The summed E-state index contributed by atoms with van der Waals surface area (Å²) < 4.78 is 67.2. The molecular formula is C23H25ClF3NO4S. The van der Waals surface area contributed by atoms with E-state index in [1.54, 1.807) is 0 Å². The number of aliphatic hydroxyl groups excluding tert-OH is 1. The summed E-state index contributed by atoms with van der Waals surface area (Å²) in [5.41, 5.74) is -0.410. The highest BCUT2D eigenvalue weighted by molar-refractivity contribution is 7.92. The van der Waals surface area contributed by atoms with Gasteiger partial charge in [-0.05, 0) is 55.2 Å². The van der Waals surface area contributed by atoms with Crippen LogP contribution < -0.4 is 5.32 Å². The molecule has 1 amide bonds. The number of carbonyl (C=O) groups excluding carboxylic acids is 1. The van der Waals surface area contributed by atoms with Gasteiger partial charge < -0.3 is 10.4 Å². The second-order valence-corrected chi connectivity index (χ2v) is 11.2. The molecule has 0 aliphatic heterocycles. The number of rotatable bonds is 7. The first-order valence-corrected chi connectivity index (χ1v) is 12.5. The van der Waals surface area contributed by atoms with Crippen LogP contribution in [-0.4, -0.2) is 31.3 Å². The van der Waals surface area contributed by atoms with E-state index in [1.807, 2.05) is 13.8 Å². The van der Waals surface area contributed by atoms with Gasteiger partial charge in [0.25, 0.3) is 5.91 Å². The average Bonchev–Trinajstić information content (AvgIpc) is 3.12. The van der Waals surface area contributed by atoms with Gasteiger partial charge in [-0.25, -0.2) is 21.6 Å².